The number of nitrogens with zero attached hydrogens (tertiary/aromatic N) is 2. The molecule has 0 aliphatic rings. The Hall–Kier alpha value is -2.79. The third kappa shape index (κ3) is 3.75. The van der Waals surface area contributed by atoms with E-state index in [1.54, 1.807) is 48.3 Å². The quantitative estimate of drug-likeness (QED) is 0.767. The van der Waals surface area contributed by atoms with E-state index in [1.807, 2.05) is 24.3 Å². The standard InChI is InChI=1S/C18H16ClN3O2/c1-24-15-8-6-13(7-9-15)18(23)20-17-10-11-22(21-17)12-14-4-2-3-5-16(14)19/h2-11H,12H2,1H3,(H,20,21,23). The van der Waals surface area contributed by atoms with Gasteiger partial charge in [0.2, 0.25) is 0 Å². The molecule has 0 saturated heterocycles. The fourth-order valence-corrected chi connectivity index (χ4v) is 2.44. The Morgan fingerprint density at radius 2 is 1.92 bits per heavy atom. The molecule has 2 aromatic carbocycles. The number of carbonyl (C=O) groups excluding carboxylic acids is 1. The highest BCUT2D eigenvalue weighted by Gasteiger charge is 2.09. The molecule has 0 aliphatic heterocycles. The van der Waals surface area contributed by atoms with E-state index in [0.717, 1.165) is 5.56 Å². The number of hydrogen-bond acceptors (Lipinski definition) is 3. The van der Waals surface area contributed by atoms with Gasteiger partial charge in [0, 0.05) is 22.8 Å². The maximum Gasteiger partial charge on any atom is 0.256 e. The van der Waals surface area contributed by atoms with Gasteiger partial charge in [0.1, 0.15) is 5.75 Å². The summed E-state index contributed by atoms with van der Waals surface area (Å²) in [6, 6.07) is 16.2. The minimum atomic E-state index is -0.222. The Kier molecular flexibility index (Phi) is 4.82. The van der Waals surface area contributed by atoms with Crippen LogP contribution >= 0.6 is 11.6 Å². The molecular weight excluding hydrogens is 326 g/mol. The fourth-order valence-electron chi connectivity index (χ4n) is 2.25. The van der Waals surface area contributed by atoms with E-state index in [0.29, 0.717) is 28.7 Å². The van der Waals surface area contributed by atoms with E-state index in [-0.39, 0.29) is 5.91 Å². The number of aromatic nitrogens is 2. The number of carbonyl (C=O) groups is 1. The molecule has 1 heterocycles. The molecule has 0 radical (unpaired) electrons. The second-order valence-corrected chi connectivity index (χ2v) is 5.58. The lowest BCUT2D eigenvalue weighted by Gasteiger charge is -2.05. The lowest BCUT2D eigenvalue weighted by atomic mass is 10.2. The van der Waals surface area contributed by atoms with Crippen LogP contribution in [0.4, 0.5) is 5.82 Å². The van der Waals surface area contributed by atoms with Gasteiger partial charge in [-0.2, -0.15) is 5.10 Å². The largest absolute Gasteiger partial charge is 0.497 e. The first kappa shape index (κ1) is 16.1. The molecule has 1 aromatic heterocycles. The summed E-state index contributed by atoms with van der Waals surface area (Å²) in [5, 5.41) is 7.81. The Morgan fingerprint density at radius 1 is 1.17 bits per heavy atom. The Bertz CT molecular complexity index is 843. The van der Waals surface area contributed by atoms with Crippen molar-refractivity contribution in [3.05, 3.63) is 76.9 Å². The summed E-state index contributed by atoms with van der Waals surface area (Å²) in [4.78, 5) is 12.2. The van der Waals surface area contributed by atoms with Crippen molar-refractivity contribution >= 4 is 23.3 Å². The van der Waals surface area contributed by atoms with Gasteiger partial charge >= 0.3 is 0 Å². The van der Waals surface area contributed by atoms with Gasteiger partial charge < -0.3 is 10.1 Å². The van der Waals surface area contributed by atoms with Crippen molar-refractivity contribution in [3.8, 4) is 5.75 Å². The van der Waals surface area contributed by atoms with Crippen molar-refractivity contribution in [1.29, 1.82) is 0 Å². The number of rotatable bonds is 5. The molecule has 1 amide bonds. The lowest BCUT2D eigenvalue weighted by Crippen LogP contribution is -2.12. The molecule has 0 fully saturated rings. The summed E-state index contributed by atoms with van der Waals surface area (Å²) in [5.41, 5.74) is 1.51. The first-order valence-electron chi connectivity index (χ1n) is 7.38. The van der Waals surface area contributed by atoms with Crippen LogP contribution in [-0.2, 0) is 6.54 Å². The van der Waals surface area contributed by atoms with E-state index < -0.39 is 0 Å². The number of amides is 1. The number of anilines is 1. The van der Waals surface area contributed by atoms with Gasteiger partial charge in [0.25, 0.3) is 5.91 Å². The fraction of sp³-hybridized carbons (Fsp3) is 0.111. The van der Waals surface area contributed by atoms with Gasteiger partial charge in [-0.1, -0.05) is 29.8 Å². The van der Waals surface area contributed by atoms with Crippen molar-refractivity contribution in [2.45, 2.75) is 6.54 Å². The smallest absolute Gasteiger partial charge is 0.256 e. The van der Waals surface area contributed by atoms with Gasteiger partial charge in [0.05, 0.1) is 13.7 Å². The summed E-state index contributed by atoms with van der Waals surface area (Å²) >= 11 is 6.15. The van der Waals surface area contributed by atoms with E-state index in [4.69, 9.17) is 16.3 Å². The zero-order valence-corrected chi connectivity index (χ0v) is 13.8. The van der Waals surface area contributed by atoms with Crippen LogP contribution in [0.3, 0.4) is 0 Å². The van der Waals surface area contributed by atoms with E-state index in [1.165, 1.54) is 0 Å². The molecule has 5 nitrogen and oxygen atoms in total. The molecule has 3 rings (SSSR count). The third-order valence-electron chi connectivity index (χ3n) is 3.52. The van der Waals surface area contributed by atoms with Crippen LogP contribution in [0.25, 0.3) is 0 Å². The number of hydrogen-bond donors (Lipinski definition) is 1. The van der Waals surface area contributed by atoms with Gasteiger partial charge in [-0.05, 0) is 35.9 Å². The maximum atomic E-state index is 12.2. The second kappa shape index (κ2) is 7.19. The normalized spacial score (nSPS) is 10.4. The molecule has 0 spiro atoms. The van der Waals surface area contributed by atoms with Crippen LogP contribution in [0.15, 0.2) is 60.8 Å². The van der Waals surface area contributed by atoms with Crippen molar-refractivity contribution in [2.75, 3.05) is 12.4 Å². The second-order valence-electron chi connectivity index (χ2n) is 5.17. The minimum absolute atomic E-state index is 0.222. The van der Waals surface area contributed by atoms with Crippen LogP contribution in [0.1, 0.15) is 15.9 Å². The minimum Gasteiger partial charge on any atom is -0.497 e. The topological polar surface area (TPSA) is 56.1 Å². The number of methoxy groups -OCH3 is 1. The molecule has 0 aliphatic carbocycles. The number of ether oxygens (including phenoxy) is 1. The molecule has 122 valence electrons. The molecule has 0 saturated carbocycles. The first-order chi connectivity index (χ1) is 11.7. The molecule has 24 heavy (non-hydrogen) atoms. The monoisotopic (exact) mass is 341 g/mol. The molecule has 3 aromatic rings. The van der Waals surface area contributed by atoms with E-state index in [2.05, 4.69) is 10.4 Å². The predicted molar refractivity (Wildman–Crippen MR) is 93.7 cm³/mol. The van der Waals surface area contributed by atoms with Crippen molar-refractivity contribution in [2.24, 2.45) is 0 Å². The first-order valence-corrected chi connectivity index (χ1v) is 7.76. The van der Waals surface area contributed by atoms with Crippen LogP contribution < -0.4 is 10.1 Å². The summed E-state index contributed by atoms with van der Waals surface area (Å²) in [5.74, 6) is 0.971. The van der Waals surface area contributed by atoms with E-state index in [9.17, 15) is 4.79 Å². The van der Waals surface area contributed by atoms with E-state index >= 15 is 0 Å². The molecule has 0 atom stereocenters. The zero-order valence-electron chi connectivity index (χ0n) is 13.1. The molecular formula is C18H16ClN3O2. The summed E-state index contributed by atoms with van der Waals surface area (Å²) < 4.78 is 6.81. The van der Waals surface area contributed by atoms with Crippen molar-refractivity contribution in [3.63, 3.8) is 0 Å². The number of halogens is 1. The van der Waals surface area contributed by atoms with Gasteiger partial charge in [-0.15, -0.1) is 0 Å². The zero-order chi connectivity index (χ0) is 16.9. The average Bonchev–Trinajstić information content (AvgIpc) is 3.04. The SMILES string of the molecule is COc1ccc(C(=O)Nc2ccn(Cc3ccccc3Cl)n2)cc1. The Morgan fingerprint density at radius 3 is 2.62 bits per heavy atom. The van der Waals surface area contributed by atoms with Crippen molar-refractivity contribution in [1.82, 2.24) is 9.78 Å². The van der Waals surface area contributed by atoms with Crippen LogP contribution in [0, 0.1) is 0 Å². The maximum absolute atomic E-state index is 12.2. The Balaban J connectivity index is 1.67. The molecule has 1 N–H and O–H groups in total. The highest BCUT2D eigenvalue weighted by Crippen LogP contribution is 2.17. The summed E-state index contributed by atoms with van der Waals surface area (Å²) in [6.45, 7) is 0.540. The number of nitrogens with one attached hydrogen (secondary N) is 1. The highest BCUT2D eigenvalue weighted by molar-refractivity contribution is 6.31. The molecule has 0 bridgehead atoms. The van der Waals surface area contributed by atoms with Gasteiger partial charge in [-0.25, -0.2) is 0 Å². The molecule has 6 heteroatoms. The summed E-state index contributed by atoms with van der Waals surface area (Å²) in [7, 11) is 1.58. The Labute approximate surface area is 144 Å². The van der Waals surface area contributed by atoms with Crippen LogP contribution in [-0.4, -0.2) is 22.8 Å². The van der Waals surface area contributed by atoms with Crippen LogP contribution in [0.2, 0.25) is 5.02 Å². The summed E-state index contributed by atoms with van der Waals surface area (Å²) in [6.07, 6.45) is 1.80. The van der Waals surface area contributed by atoms with Crippen molar-refractivity contribution < 1.29 is 9.53 Å². The lowest BCUT2D eigenvalue weighted by molar-refractivity contribution is 0.102. The average molecular weight is 342 g/mol. The number of benzene rings is 2. The third-order valence-corrected chi connectivity index (χ3v) is 3.89. The van der Waals surface area contributed by atoms with Gasteiger partial charge in [0.15, 0.2) is 5.82 Å². The van der Waals surface area contributed by atoms with Gasteiger partial charge in [-0.3, -0.25) is 9.48 Å². The van der Waals surface area contributed by atoms with Crippen LogP contribution in [0.5, 0.6) is 5.75 Å². The molecule has 0 unspecified atom stereocenters. The predicted octanol–water partition coefficient (Wildman–Crippen LogP) is 3.85. The highest BCUT2D eigenvalue weighted by atomic mass is 35.5.